The third kappa shape index (κ3) is 4.98. The van der Waals surface area contributed by atoms with Crippen molar-refractivity contribution in [1.29, 1.82) is 5.26 Å². The predicted molar refractivity (Wildman–Crippen MR) is 109 cm³/mol. The quantitative estimate of drug-likeness (QED) is 0.633. The molecule has 2 aromatic carbocycles. The number of nitrogens with one attached hydrogen (secondary N) is 1. The van der Waals surface area contributed by atoms with Gasteiger partial charge in [0, 0.05) is 18.8 Å². The first-order valence-corrected chi connectivity index (χ1v) is 9.50. The molecule has 138 valence electrons. The molecule has 3 rings (SSSR count). The zero-order valence-electron chi connectivity index (χ0n) is 15.7. The minimum atomic E-state index is -0.353. The lowest BCUT2D eigenvalue weighted by atomic mass is 10.1. The zero-order valence-corrected chi connectivity index (χ0v) is 15.7. The first-order valence-electron chi connectivity index (χ1n) is 9.50. The van der Waals surface area contributed by atoms with E-state index >= 15 is 0 Å². The first kappa shape index (κ1) is 18.7. The van der Waals surface area contributed by atoms with Crippen LogP contribution >= 0.6 is 0 Å². The van der Waals surface area contributed by atoms with Gasteiger partial charge in [-0.25, -0.2) is 0 Å². The van der Waals surface area contributed by atoms with Gasteiger partial charge in [-0.1, -0.05) is 42.5 Å². The van der Waals surface area contributed by atoms with Crippen molar-refractivity contribution in [2.24, 2.45) is 0 Å². The van der Waals surface area contributed by atoms with E-state index in [1.165, 1.54) is 24.9 Å². The Hall–Kier alpha value is -3.06. The van der Waals surface area contributed by atoms with Crippen molar-refractivity contribution in [1.82, 2.24) is 5.32 Å². The second-order valence-electron chi connectivity index (χ2n) is 6.91. The third-order valence-corrected chi connectivity index (χ3v) is 4.94. The van der Waals surface area contributed by atoms with E-state index in [0.29, 0.717) is 0 Å². The van der Waals surface area contributed by atoms with Crippen molar-refractivity contribution in [3.63, 3.8) is 0 Å². The Labute approximate surface area is 161 Å². The highest BCUT2D eigenvalue weighted by molar-refractivity contribution is 6.01. The minimum absolute atomic E-state index is 0.114. The number of anilines is 1. The van der Waals surface area contributed by atoms with E-state index in [0.717, 1.165) is 24.2 Å². The van der Waals surface area contributed by atoms with Crippen LogP contribution in [0.4, 0.5) is 5.69 Å². The van der Waals surface area contributed by atoms with Crippen LogP contribution in [-0.4, -0.2) is 19.0 Å². The lowest BCUT2D eigenvalue weighted by Crippen LogP contribution is -2.29. The molecular weight excluding hydrogens is 334 g/mol. The van der Waals surface area contributed by atoms with Gasteiger partial charge in [-0.2, -0.15) is 5.26 Å². The Morgan fingerprint density at radius 3 is 2.37 bits per heavy atom. The van der Waals surface area contributed by atoms with Gasteiger partial charge < -0.3 is 10.2 Å². The number of nitriles is 1. The fraction of sp³-hybridized carbons (Fsp3) is 0.304. The SMILES string of the molecule is C[C@@H](NC(=O)/C(C#N)=C/c1ccc(N2CCCCC2)cc1)c1ccccc1. The number of nitrogens with zero attached hydrogens (tertiary/aromatic N) is 2. The van der Waals surface area contributed by atoms with Crippen molar-refractivity contribution in [2.45, 2.75) is 32.2 Å². The van der Waals surface area contributed by atoms with Crippen molar-refractivity contribution in [3.8, 4) is 6.07 Å². The van der Waals surface area contributed by atoms with E-state index in [1.54, 1.807) is 6.08 Å². The van der Waals surface area contributed by atoms with Gasteiger partial charge in [0.2, 0.25) is 0 Å². The summed E-state index contributed by atoms with van der Waals surface area (Å²) >= 11 is 0. The number of hydrogen-bond donors (Lipinski definition) is 1. The Bertz CT molecular complexity index is 828. The summed E-state index contributed by atoms with van der Waals surface area (Å²) in [6, 6.07) is 19.7. The monoisotopic (exact) mass is 359 g/mol. The fourth-order valence-electron chi connectivity index (χ4n) is 3.35. The maximum atomic E-state index is 12.5. The summed E-state index contributed by atoms with van der Waals surface area (Å²) < 4.78 is 0. The molecule has 0 radical (unpaired) electrons. The van der Waals surface area contributed by atoms with Crippen LogP contribution in [-0.2, 0) is 4.79 Å². The second kappa shape index (κ2) is 9.05. The largest absolute Gasteiger partial charge is 0.372 e. The molecule has 1 atom stereocenters. The number of rotatable bonds is 5. The van der Waals surface area contributed by atoms with Crippen molar-refractivity contribution in [3.05, 3.63) is 71.3 Å². The summed E-state index contributed by atoms with van der Waals surface area (Å²) in [5, 5.41) is 12.3. The lowest BCUT2D eigenvalue weighted by molar-refractivity contribution is -0.117. The average Bonchev–Trinajstić information content (AvgIpc) is 2.73. The second-order valence-corrected chi connectivity index (χ2v) is 6.91. The molecule has 1 aliphatic heterocycles. The van der Waals surface area contributed by atoms with Crippen molar-refractivity contribution < 1.29 is 4.79 Å². The maximum Gasteiger partial charge on any atom is 0.262 e. The maximum absolute atomic E-state index is 12.5. The Kier molecular flexibility index (Phi) is 6.27. The van der Waals surface area contributed by atoms with E-state index in [2.05, 4.69) is 22.3 Å². The summed E-state index contributed by atoms with van der Waals surface area (Å²) in [7, 11) is 0. The summed E-state index contributed by atoms with van der Waals surface area (Å²) in [4.78, 5) is 14.9. The van der Waals surface area contributed by atoms with Gasteiger partial charge in [0.1, 0.15) is 11.6 Å². The van der Waals surface area contributed by atoms with Gasteiger partial charge in [0.25, 0.3) is 5.91 Å². The molecule has 1 amide bonds. The Balaban J connectivity index is 1.68. The average molecular weight is 359 g/mol. The summed E-state index contributed by atoms with van der Waals surface area (Å²) in [6.07, 6.45) is 5.42. The van der Waals surface area contributed by atoms with Gasteiger partial charge in [0.05, 0.1) is 6.04 Å². The van der Waals surface area contributed by atoms with Gasteiger partial charge in [-0.15, -0.1) is 0 Å². The minimum Gasteiger partial charge on any atom is -0.372 e. The summed E-state index contributed by atoms with van der Waals surface area (Å²) in [5.74, 6) is -0.353. The van der Waals surface area contributed by atoms with E-state index in [4.69, 9.17) is 0 Å². The van der Waals surface area contributed by atoms with Gasteiger partial charge >= 0.3 is 0 Å². The molecule has 4 nitrogen and oxygen atoms in total. The molecule has 1 saturated heterocycles. The molecule has 0 spiro atoms. The molecule has 2 aromatic rings. The van der Waals surface area contributed by atoms with Crippen LogP contribution < -0.4 is 10.2 Å². The van der Waals surface area contributed by atoms with Crippen molar-refractivity contribution in [2.75, 3.05) is 18.0 Å². The number of hydrogen-bond acceptors (Lipinski definition) is 3. The van der Waals surface area contributed by atoms with Crippen LogP contribution in [0.1, 0.15) is 43.4 Å². The molecule has 27 heavy (non-hydrogen) atoms. The van der Waals surface area contributed by atoms with Crippen LogP contribution in [0.2, 0.25) is 0 Å². The standard InChI is InChI=1S/C23H25N3O/c1-18(20-8-4-2-5-9-20)25-23(27)21(17-24)16-19-10-12-22(13-11-19)26-14-6-3-7-15-26/h2,4-5,8-13,16,18H,3,6-7,14-15H2,1H3,(H,25,27)/b21-16+/t18-/m1/s1. The Morgan fingerprint density at radius 2 is 1.74 bits per heavy atom. The highest BCUT2D eigenvalue weighted by Crippen LogP contribution is 2.21. The zero-order chi connectivity index (χ0) is 19.1. The predicted octanol–water partition coefficient (Wildman–Crippen LogP) is 4.46. The molecular formula is C23H25N3O. The number of carbonyl (C=O) groups excluding carboxylic acids is 1. The number of carbonyl (C=O) groups is 1. The molecule has 1 N–H and O–H groups in total. The van der Waals surface area contributed by atoms with E-state index in [1.807, 2.05) is 55.5 Å². The van der Waals surface area contributed by atoms with Gasteiger partial charge in [-0.3, -0.25) is 4.79 Å². The molecule has 0 bridgehead atoms. The molecule has 4 heteroatoms. The molecule has 1 fully saturated rings. The molecule has 1 heterocycles. The fourth-order valence-corrected chi connectivity index (χ4v) is 3.35. The van der Waals surface area contributed by atoms with Gasteiger partial charge in [-0.05, 0) is 55.5 Å². The molecule has 0 aromatic heterocycles. The number of benzene rings is 2. The van der Waals surface area contributed by atoms with Crippen LogP contribution in [0.5, 0.6) is 0 Å². The first-order chi connectivity index (χ1) is 13.2. The lowest BCUT2D eigenvalue weighted by Gasteiger charge is -2.28. The van der Waals surface area contributed by atoms with Gasteiger partial charge in [0.15, 0.2) is 0 Å². The molecule has 0 aliphatic carbocycles. The van der Waals surface area contributed by atoms with E-state index < -0.39 is 0 Å². The molecule has 0 saturated carbocycles. The number of amides is 1. The number of piperidine rings is 1. The summed E-state index contributed by atoms with van der Waals surface area (Å²) in [5.41, 5.74) is 3.18. The smallest absolute Gasteiger partial charge is 0.262 e. The van der Waals surface area contributed by atoms with Crippen LogP contribution in [0.3, 0.4) is 0 Å². The highest BCUT2D eigenvalue weighted by atomic mass is 16.1. The molecule has 1 aliphatic rings. The third-order valence-electron chi connectivity index (χ3n) is 4.94. The van der Waals surface area contributed by atoms with E-state index in [-0.39, 0.29) is 17.5 Å². The van der Waals surface area contributed by atoms with Crippen LogP contribution in [0, 0.1) is 11.3 Å². The Morgan fingerprint density at radius 1 is 1.07 bits per heavy atom. The van der Waals surface area contributed by atoms with Crippen LogP contribution in [0.15, 0.2) is 60.2 Å². The topological polar surface area (TPSA) is 56.1 Å². The normalized spacial score (nSPS) is 15.7. The van der Waals surface area contributed by atoms with Crippen molar-refractivity contribution >= 4 is 17.7 Å². The summed E-state index contributed by atoms with van der Waals surface area (Å²) in [6.45, 7) is 4.10. The highest BCUT2D eigenvalue weighted by Gasteiger charge is 2.14. The van der Waals surface area contributed by atoms with Crippen LogP contribution in [0.25, 0.3) is 6.08 Å². The van der Waals surface area contributed by atoms with E-state index in [9.17, 15) is 10.1 Å². The molecule has 0 unspecified atom stereocenters.